The number of carbonyl (C=O) groups is 1. The van der Waals surface area contributed by atoms with Gasteiger partial charge in [0.15, 0.2) is 6.04 Å². The molecule has 2 heterocycles. The molecule has 0 aliphatic carbocycles. The van der Waals surface area contributed by atoms with E-state index in [0.29, 0.717) is 11.3 Å². The van der Waals surface area contributed by atoms with Crippen molar-refractivity contribution in [1.29, 1.82) is 0 Å². The molecule has 8 heteroatoms. The Morgan fingerprint density at radius 1 is 1.35 bits per heavy atom. The maximum atomic E-state index is 11.8. The minimum Gasteiger partial charge on any atom is -0.467 e. The number of hydrogen-bond donors (Lipinski definition) is 0. The Kier molecular flexibility index (Phi) is 4.29. The molecule has 0 aromatic carbocycles. The Morgan fingerprint density at radius 3 is 2.55 bits per heavy atom. The van der Waals surface area contributed by atoms with E-state index in [1.807, 2.05) is 13.8 Å². The van der Waals surface area contributed by atoms with Crippen molar-refractivity contribution < 1.29 is 9.53 Å². The first-order valence-electron chi connectivity index (χ1n) is 6.00. The molecular weight excluding hydrogens is 282 g/mol. The number of halogens is 1. The number of esters is 1. The van der Waals surface area contributed by atoms with Crippen molar-refractivity contribution in [1.82, 2.24) is 25.0 Å². The lowest BCUT2D eigenvalue weighted by Crippen LogP contribution is -2.26. The van der Waals surface area contributed by atoms with E-state index in [1.165, 1.54) is 11.8 Å². The highest BCUT2D eigenvalue weighted by atomic mass is 35.5. The maximum Gasteiger partial charge on any atom is 0.330 e. The topological polar surface area (TPSA) is 82.8 Å². The van der Waals surface area contributed by atoms with Crippen LogP contribution in [0.2, 0.25) is 5.28 Å². The standard InChI is InChI=1S/C12H14ClN5O2/c1-7(2)10(11(19)20-3)18-6-9(16-17-18)8-4-14-12(13)15-5-8/h4-7,10H,1-3H3/t10-/m0/s1. The fourth-order valence-electron chi connectivity index (χ4n) is 1.80. The normalized spacial score (nSPS) is 12.4. The Morgan fingerprint density at radius 2 is 2.00 bits per heavy atom. The van der Waals surface area contributed by atoms with Crippen molar-refractivity contribution in [3.8, 4) is 11.3 Å². The molecule has 20 heavy (non-hydrogen) atoms. The Balaban J connectivity index is 2.31. The third-order valence-corrected chi connectivity index (χ3v) is 2.98. The van der Waals surface area contributed by atoms with Crippen LogP contribution in [0.1, 0.15) is 19.9 Å². The first-order chi connectivity index (χ1) is 9.52. The molecule has 2 aromatic rings. The molecule has 0 N–H and O–H groups in total. The SMILES string of the molecule is COC(=O)[C@H](C(C)C)n1cc(-c2cnc(Cl)nc2)nn1. The van der Waals surface area contributed by atoms with Gasteiger partial charge in [-0.25, -0.2) is 19.4 Å². The number of carbonyl (C=O) groups excluding carboxylic acids is 1. The monoisotopic (exact) mass is 295 g/mol. The zero-order valence-corrected chi connectivity index (χ0v) is 12.1. The van der Waals surface area contributed by atoms with E-state index in [-0.39, 0.29) is 17.2 Å². The predicted octanol–water partition coefficient (Wildman–Crippen LogP) is 1.76. The largest absolute Gasteiger partial charge is 0.467 e. The van der Waals surface area contributed by atoms with E-state index in [9.17, 15) is 4.79 Å². The van der Waals surface area contributed by atoms with E-state index in [2.05, 4.69) is 20.3 Å². The minimum absolute atomic E-state index is 0.0264. The first-order valence-corrected chi connectivity index (χ1v) is 6.38. The lowest BCUT2D eigenvalue weighted by Gasteiger charge is -2.17. The number of ether oxygens (including phenoxy) is 1. The molecule has 0 aliphatic heterocycles. The molecule has 0 radical (unpaired) electrons. The summed E-state index contributed by atoms with van der Waals surface area (Å²) in [6.45, 7) is 3.82. The Hall–Kier alpha value is -2.02. The van der Waals surface area contributed by atoms with Crippen molar-refractivity contribution in [3.63, 3.8) is 0 Å². The van der Waals surface area contributed by atoms with Gasteiger partial charge in [0.25, 0.3) is 0 Å². The van der Waals surface area contributed by atoms with Gasteiger partial charge in [-0.15, -0.1) is 5.10 Å². The van der Waals surface area contributed by atoms with Gasteiger partial charge in [0.1, 0.15) is 5.69 Å². The molecular formula is C12H14ClN5O2. The number of methoxy groups -OCH3 is 1. The quantitative estimate of drug-likeness (QED) is 0.631. The van der Waals surface area contributed by atoms with Crippen molar-refractivity contribution in [2.75, 3.05) is 7.11 Å². The maximum absolute atomic E-state index is 11.8. The van der Waals surface area contributed by atoms with Crippen LogP contribution in [0.25, 0.3) is 11.3 Å². The van der Waals surface area contributed by atoms with E-state index in [4.69, 9.17) is 16.3 Å². The van der Waals surface area contributed by atoms with Crippen molar-refractivity contribution in [2.45, 2.75) is 19.9 Å². The van der Waals surface area contributed by atoms with Crippen molar-refractivity contribution in [3.05, 3.63) is 23.9 Å². The van der Waals surface area contributed by atoms with Crippen LogP contribution in [-0.4, -0.2) is 38.0 Å². The van der Waals surface area contributed by atoms with Crippen LogP contribution in [0, 0.1) is 5.92 Å². The summed E-state index contributed by atoms with van der Waals surface area (Å²) < 4.78 is 6.28. The molecule has 2 aromatic heterocycles. The molecule has 0 fully saturated rings. The third kappa shape index (κ3) is 2.93. The Labute approximate surface area is 120 Å². The van der Waals surface area contributed by atoms with Gasteiger partial charge in [0.2, 0.25) is 5.28 Å². The zero-order valence-electron chi connectivity index (χ0n) is 11.3. The van der Waals surface area contributed by atoms with Gasteiger partial charge in [-0.2, -0.15) is 0 Å². The summed E-state index contributed by atoms with van der Waals surface area (Å²) in [6.07, 6.45) is 4.76. The van der Waals surface area contributed by atoms with Gasteiger partial charge in [-0.05, 0) is 17.5 Å². The number of nitrogens with zero attached hydrogens (tertiary/aromatic N) is 5. The molecule has 106 valence electrons. The smallest absolute Gasteiger partial charge is 0.330 e. The summed E-state index contributed by atoms with van der Waals surface area (Å²) >= 11 is 5.63. The van der Waals surface area contributed by atoms with Gasteiger partial charge in [-0.3, -0.25) is 0 Å². The van der Waals surface area contributed by atoms with Crippen LogP contribution in [-0.2, 0) is 9.53 Å². The number of hydrogen-bond acceptors (Lipinski definition) is 6. The summed E-state index contributed by atoms with van der Waals surface area (Å²) in [5.74, 6) is -0.331. The van der Waals surface area contributed by atoms with E-state index < -0.39 is 6.04 Å². The second-order valence-corrected chi connectivity index (χ2v) is 4.87. The fraction of sp³-hybridized carbons (Fsp3) is 0.417. The van der Waals surface area contributed by atoms with Crippen LogP contribution in [0.3, 0.4) is 0 Å². The summed E-state index contributed by atoms with van der Waals surface area (Å²) in [7, 11) is 1.35. The van der Waals surface area contributed by atoms with Crippen LogP contribution in [0.5, 0.6) is 0 Å². The molecule has 0 bridgehead atoms. The molecule has 1 atom stereocenters. The lowest BCUT2D eigenvalue weighted by molar-refractivity contribution is -0.146. The second-order valence-electron chi connectivity index (χ2n) is 4.54. The van der Waals surface area contributed by atoms with Gasteiger partial charge < -0.3 is 4.74 Å². The van der Waals surface area contributed by atoms with E-state index in [0.717, 1.165) is 0 Å². The average Bonchev–Trinajstić information content (AvgIpc) is 2.88. The highest BCUT2D eigenvalue weighted by Crippen LogP contribution is 2.21. The molecule has 0 spiro atoms. The van der Waals surface area contributed by atoms with Gasteiger partial charge in [-0.1, -0.05) is 19.1 Å². The van der Waals surface area contributed by atoms with E-state index >= 15 is 0 Å². The highest BCUT2D eigenvalue weighted by Gasteiger charge is 2.26. The molecule has 0 unspecified atom stereocenters. The minimum atomic E-state index is -0.519. The van der Waals surface area contributed by atoms with Gasteiger partial charge in [0, 0.05) is 18.0 Å². The number of rotatable bonds is 4. The molecule has 0 amide bonds. The molecule has 2 rings (SSSR count). The van der Waals surface area contributed by atoms with Crippen LogP contribution >= 0.6 is 11.6 Å². The second kappa shape index (κ2) is 5.96. The summed E-state index contributed by atoms with van der Waals surface area (Å²) in [6, 6.07) is -0.519. The van der Waals surface area contributed by atoms with Crippen molar-refractivity contribution in [2.24, 2.45) is 5.92 Å². The molecule has 7 nitrogen and oxygen atoms in total. The van der Waals surface area contributed by atoms with E-state index in [1.54, 1.807) is 18.6 Å². The van der Waals surface area contributed by atoms with Crippen molar-refractivity contribution >= 4 is 17.6 Å². The summed E-state index contributed by atoms with van der Waals surface area (Å²) in [5.41, 5.74) is 1.24. The zero-order chi connectivity index (χ0) is 14.7. The molecule has 0 saturated heterocycles. The highest BCUT2D eigenvalue weighted by molar-refractivity contribution is 6.28. The first kappa shape index (κ1) is 14.4. The van der Waals surface area contributed by atoms with Gasteiger partial charge >= 0.3 is 5.97 Å². The summed E-state index contributed by atoms with van der Waals surface area (Å²) in [4.78, 5) is 19.6. The number of aromatic nitrogens is 5. The average molecular weight is 296 g/mol. The molecule has 0 aliphatic rings. The summed E-state index contributed by atoms with van der Waals surface area (Å²) in [5, 5.41) is 8.16. The van der Waals surface area contributed by atoms with Gasteiger partial charge in [0.05, 0.1) is 13.3 Å². The fourth-order valence-corrected chi connectivity index (χ4v) is 1.89. The predicted molar refractivity (Wildman–Crippen MR) is 71.9 cm³/mol. The molecule has 0 saturated carbocycles. The lowest BCUT2D eigenvalue weighted by atomic mass is 10.1. The van der Waals surface area contributed by atoms with Crippen LogP contribution < -0.4 is 0 Å². The van der Waals surface area contributed by atoms with Crippen LogP contribution in [0.15, 0.2) is 18.6 Å². The third-order valence-electron chi connectivity index (χ3n) is 2.79. The van der Waals surface area contributed by atoms with Crippen LogP contribution in [0.4, 0.5) is 0 Å². The Bertz CT molecular complexity index is 596.